The van der Waals surface area contributed by atoms with Crippen LogP contribution in [0.3, 0.4) is 0 Å². The lowest BCUT2D eigenvalue weighted by Crippen LogP contribution is -2.18. The second-order valence-electron chi connectivity index (χ2n) is 2.96. The van der Waals surface area contributed by atoms with Crippen LogP contribution < -0.4 is 0 Å². The SMILES string of the molecule is [CH]=CC1CCC(OC)CC1. The average Bonchev–Trinajstić information content (AvgIpc) is 2.05. The Labute approximate surface area is 63.1 Å². The highest BCUT2D eigenvalue weighted by atomic mass is 16.5. The van der Waals surface area contributed by atoms with Gasteiger partial charge in [0.25, 0.3) is 0 Å². The van der Waals surface area contributed by atoms with Crippen LogP contribution in [0.1, 0.15) is 25.7 Å². The molecule has 1 rings (SSSR count). The number of methoxy groups -OCH3 is 1. The second-order valence-corrected chi connectivity index (χ2v) is 2.96. The summed E-state index contributed by atoms with van der Waals surface area (Å²) in [6.07, 6.45) is 7.08. The molecule has 0 amide bonds. The Morgan fingerprint density at radius 2 is 1.90 bits per heavy atom. The van der Waals surface area contributed by atoms with Gasteiger partial charge in [-0.1, -0.05) is 12.7 Å². The van der Waals surface area contributed by atoms with Gasteiger partial charge in [-0.15, -0.1) is 0 Å². The molecule has 0 N–H and O–H groups in total. The topological polar surface area (TPSA) is 9.23 Å². The molecule has 0 unspecified atom stereocenters. The van der Waals surface area contributed by atoms with E-state index >= 15 is 0 Å². The lowest BCUT2D eigenvalue weighted by atomic mass is 9.88. The van der Waals surface area contributed by atoms with Gasteiger partial charge < -0.3 is 4.74 Å². The normalized spacial score (nSPS) is 33.7. The standard InChI is InChI=1S/C9H15O/c1-3-8-4-6-9(10-2)7-5-8/h1,3,8-9H,4-7H2,2H3. The van der Waals surface area contributed by atoms with Crippen LogP contribution in [-0.2, 0) is 4.74 Å². The quantitative estimate of drug-likeness (QED) is 0.569. The molecule has 1 nitrogen and oxygen atoms in total. The maximum Gasteiger partial charge on any atom is 0.0571 e. The van der Waals surface area contributed by atoms with Crippen LogP contribution in [0.4, 0.5) is 0 Å². The predicted molar refractivity (Wildman–Crippen MR) is 41.6 cm³/mol. The monoisotopic (exact) mass is 139 g/mol. The van der Waals surface area contributed by atoms with E-state index in [1.54, 1.807) is 7.11 Å². The van der Waals surface area contributed by atoms with Crippen molar-refractivity contribution in [3.63, 3.8) is 0 Å². The highest BCUT2D eigenvalue weighted by molar-refractivity contribution is 4.82. The summed E-state index contributed by atoms with van der Waals surface area (Å²) >= 11 is 0. The summed E-state index contributed by atoms with van der Waals surface area (Å²) in [7, 11) is 1.79. The maximum atomic E-state index is 5.42. The molecule has 0 saturated heterocycles. The molecule has 57 valence electrons. The zero-order valence-corrected chi connectivity index (χ0v) is 6.55. The van der Waals surface area contributed by atoms with E-state index in [4.69, 9.17) is 11.3 Å². The largest absolute Gasteiger partial charge is 0.381 e. The Morgan fingerprint density at radius 3 is 2.30 bits per heavy atom. The van der Waals surface area contributed by atoms with Gasteiger partial charge in [0.1, 0.15) is 0 Å². The van der Waals surface area contributed by atoms with Crippen molar-refractivity contribution >= 4 is 0 Å². The molecule has 0 aromatic heterocycles. The molecule has 0 bridgehead atoms. The number of ether oxygens (including phenoxy) is 1. The number of hydrogen-bond donors (Lipinski definition) is 0. The first-order chi connectivity index (χ1) is 4.86. The summed E-state index contributed by atoms with van der Waals surface area (Å²) in [6, 6.07) is 0. The Bertz CT molecular complexity index is 101. The van der Waals surface area contributed by atoms with Crippen LogP contribution in [0.2, 0.25) is 0 Å². The first-order valence-electron chi connectivity index (χ1n) is 3.94. The van der Waals surface area contributed by atoms with Crippen molar-refractivity contribution in [2.24, 2.45) is 5.92 Å². The molecule has 1 aliphatic carbocycles. The van der Waals surface area contributed by atoms with Gasteiger partial charge in [0.05, 0.1) is 6.10 Å². The van der Waals surface area contributed by atoms with Crippen LogP contribution in [0.5, 0.6) is 0 Å². The molecule has 0 heterocycles. The smallest absolute Gasteiger partial charge is 0.0571 e. The van der Waals surface area contributed by atoms with E-state index in [0.29, 0.717) is 12.0 Å². The second kappa shape index (κ2) is 3.77. The van der Waals surface area contributed by atoms with Crippen LogP contribution in [0.15, 0.2) is 6.08 Å². The van der Waals surface area contributed by atoms with Crippen LogP contribution >= 0.6 is 0 Å². The highest BCUT2D eigenvalue weighted by Crippen LogP contribution is 2.25. The molecule has 0 aliphatic heterocycles. The van der Waals surface area contributed by atoms with E-state index in [-0.39, 0.29) is 0 Å². The molecule has 1 radical (unpaired) electrons. The van der Waals surface area contributed by atoms with Crippen LogP contribution in [0.25, 0.3) is 0 Å². The third-order valence-corrected chi connectivity index (χ3v) is 2.32. The zero-order chi connectivity index (χ0) is 7.40. The first kappa shape index (κ1) is 7.80. The number of allylic oxidation sites excluding steroid dienone is 1. The summed E-state index contributed by atoms with van der Waals surface area (Å²) in [5.41, 5.74) is 0. The van der Waals surface area contributed by atoms with Gasteiger partial charge in [0.15, 0.2) is 0 Å². The lowest BCUT2D eigenvalue weighted by molar-refractivity contribution is 0.0627. The molecule has 1 aliphatic rings. The first-order valence-corrected chi connectivity index (χ1v) is 3.94. The third kappa shape index (κ3) is 1.84. The van der Waals surface area contributed by atoms with Crippen LogP contribution in [-0.4, -0.2) is 13.2 Å². The molecule has 10 heavy (non-hydrogen) atoms. The summed E-state index contributed by atoms with van der Waals surface area (Å²) < 4.78 is 5.23. The molecule has 1 fully saturated rings. The van der Waals surface area contributed by atoms with E-state index in [1.165, 1.54) is 25.7 Å². The van der Waals surface area contributed by atoms with Crippen molar-refractivity contribution in [2.45, 2.75) is 31.8 Å². The van der Waals surface area contributed by atoms with Crippen molar-refractivity contribution in [1.29, 1.82) is 0 Å². The van der Waals surface area contributed by atoms with Crippen LogP contribution in [0, 0.1) is 12.5 Å². The zero-order valence-electron chi connectivity index (χ0n) is 6.55. The molecule has 1 saturated carbocycles. The Kier molecular flexibility index (Phi) is 2.94. The van der Waals surface area contributed by atoms with Gasteiger partial charge in [-0.2, -0.15) is 0 Å². The van der Waals surface area contributed by atoms with Gasteiger partial charge in [0, 0.05) is 7.11 Å². The molecule has 0 atom stereocenters. The van der Waals surface area contributed by atoms with E-state index in [1.807, 2.05) is 6.08 Å². The minimum absolute atomic E-state index is 0.496. The average molecular weight is 139 g/mol. The van der Waals surface area contributed by atoms with Gasteiger partial charge in [-0.3, -0.25) is 0 Å². The third-order valence-electron chi connectivity index (χ3n) is 2.32. The van der Waals surface area contributed by atoms with E-state index in [2.05, 4.69) is 0 Å². The molecular weight excluding hydrogens is 124 g/mol. The highest BCUT2D eigenvalue weighted by Gasteiger charge is 2.17. The summed E-state index contributed by atoms with van der Waals surface area (Å²) in [5.74, 6) is 0.645. The van der Waals surface area contributed by atoms with Gasteiger partial charge in [-0.05, 0) is 31.6 Å². The molecule has 0 aromatic carbocycles. The van der Waals surface area contributed by atoms with Crippen molar-refractivity contribution in [3.05, 3.63) is 12.7 Å². The number of hydrogen-bond acceptors (Lipinski definition) is 1. The van der Waals surface area contributed by atoms with Gasteiger partial charge in [-0.25, -0.2) is 0 Å². The summed E-state index contributed by atoms with van der Waals surface area (Å²) in [6.45, 7) is 5.42. The summed E-state index contributed by atoms with van der Waals surface area (Å²) in [5, 5.41) is 0. The Balaban J connectivity index is 2.23. The lowest BCUT2D eigenvalue weighted by Gasteiger charge is -2.24. The Morgan fingerprint density at radius 1 is 1.30 bits per heavy atom. The summed E-state index contributed by atoms with van der Waals surface area (Å²) in [4.78, 5) is 0. The molecular formula is C9H15O. The van der Waals surface area contributed by atoms with Crippen molar-refractivity contribution < 1.29 is 4.74 Å². The Hall–Kier alpha value is -0.300. The predicted octanol–water partition coefficient (Wildman–Crippen LogP) is 2.18. The van der Waals surface area contributed by atoms with Crippen molar-refractivity contribution in [2.75, 3.05) is 7.11 Å². The fourth-order valence-corrected chi connectivity index (χ4v) is 1.52. The molecule has 0 spiro atoms. The van der Waals surface area contributed by atoms with Crippen molar-refractivity contribution in [1.82, 2.24) is 0 Å². The van der Waals surface area contributed by atoms with Crippen molar-refractivity contribution in [3.8, 4) is 0 Å². The molecule has 1 heteroatoms. The van der Waals surface area contributed by atoms with Gasteiger partial charge >= 0.3 is 0 Å². The van der Waals surface area contributed by atoms with E-state index < -0.39 is 0 Å². The maximum absolute atomic E-state index is 5.42. The fourth-order valence-electron chi connectivity index (χ4n) is 1.52. The van der Waals surface area contributed by atoms with E-state index in [9.17, 15) is 0 Å². The van der Waals surface area contributed by atoms with E-state index in [0.717, 1.165) is 0 Å². The number of rotatable bonds is 2. The minimum atomic E-state index is 0.496. The fraction of sp³-hybridized carbons (Fsp3) is 0.778. The van der Waals surface area contributed by atoms with Gasteiger partial charge in [0.2, 0.25) is 0 Å². The minimum Gasteiger partial charge on any atom is -0.381 e. The molecule has 0 aromatic rings.